The Balaban J connectivity index is 0.974. The fourth-order valence-corrected chi connectivity index (χ4v) is 6.81. The van der Waals surface area contributed by atoms with E-state index in [0.29, 0.717) is 36.9 Å². The molecule has 1 atom stereocenters. The summed E-state index contributed by atoms with van der Waals surface area (Å²) in [5.74, 6) is 1.71. The Morgan fingerprint density at radius 1 is 1.10 bits per heavy atom. The monoisotopic (exact) mass is 563 g/mol. The first-order valence-corrected chi connectivity index (χ1v) is 15.3. The van der Waals surface area contributed by atoms with Gasteiger partial charge >= 0.3 is 5.97 Å². The third-order valence-electron chi connectivity index (χ3n) is 9.38. The third-order valence-corrected chi connectivity index (χ3v) is 9.38. The van der Waals surface area contributed by atoms with Crippen molar-refractivity contribution >= 4 is 17.7 Å². The molecule has 4 aliphatic rings. The van der Waals surface area contributed by atoms with Crippen LogP contribution in [0.4, 0.5) is 5.82 Å². The van der Waals surface area contributed by atoms with Gasteiger partial charge in [-0.1, -0.05) is 31.4 Å². The lowest BCUT2D eigenvalue weighted by Gasteiger charge is -2.37. The number of hydrogen-bond acceptors (Lipinski definition) is 7. The normalized spacial score (nSPS) is 23.0. The number of ether oxygens (including phenoxy) is 3. The molecule has 0 saturated heterocycles. The highest BCUT2D eigenvalue weighted by molar-refractivity contribution is 5.91. The molecule has 0 spiro atoms. The van der Waals surface area contributed by atoms with Gasteiger partial charge in [0.2, 0.25) is 12.7 Å². The molecule has 2 fully saturated rings. The van der Waals surface area contributed by atoms with Crippen LogP contribution < -0.4 is 20.1 Å². The molecule has 41 heavy (non-hydrogen) atoms. The van der Waals surface area contributed by atoms with E-state index in [4.69, 9.17) is 19.2 Å². The number of benzene rings is 1. The molecule has 2 saturated carbocycles. The number of aryl methyl sites for hydroxylation is 2. The zero-order valence-corrected chi connectivity index (χ0v) is 23.7. The third kappa shape index (κ3) is 6.15. The number of carbonyl (C=O) groups is 2. The largest absolute Gasteiger partial charge is 0.480 e. The summed E-state index contributed by atoms with van der Waals surface area (Å²) >= 11 is 0. The van der Waals surface area contributed by atoms with E-state index < -0.39 is 17.4 Å². The first-order chi connectivity index (χ1) is 20.0. The highest BCUT2D eigenvalue weighted by Crippen LogP contribution is 2.44. The van der Waals surface area contributed by atoms with Crippen molar-refractivity contribution in [1.82, 2.24) is 10.3 Å². The summed E-state index contributed by atoms with van der Waals surface area (Å²) in [4.78, 5) is 30.6. The quantitative estimate of drug-likeness (QED) is 0.358. The lowest BCUT2D eigenvalue weighted by Crippen LogP contribution is -2.52. The predicted octanol–water partition coefficient (Wildman–Crippen LogP) is 4.76. The van der Waals surface area contributed by atoms with Gasteiger partial charge < -0.3 is 30.0 Å². The molecule has 1 aromatic carbocycles. The number of pyridine rings is 1. The maximum Gasteiger partial charge on any atom is 0.326 e. The first kappa shape index (κ1) is 27.8. The van der Waals surface area contributed by atoms with E-state index in [1.807, 2.05) is 18.2 Å². The molecule has 0 radical (unpaired) electrons. The molecule has 2 aliphatic heterocycles. The zero-order chi connectivity index (χ0) is 28.2. The molecular formula is C32H41N3O6. The number of carbonyl (C=O) groups excluding carboxylic acids is 1. The van der Waals surface area contributed by atoms with Crippen LogP contribution in [0.15, 0.2) is 30.3 Å². The average molecular weight is 564 g/mol. The van der Waals surface area contributed by atoms with E-state index in [1.165, 1.54) is 12.0 Å². The molecule has 2 aliphatic carbocycles. The van der Waals surface area contributed by atoms with E-state index in [1.54, 1.807) is 0 Å². The zero-order valence-electron chi connectivity index (χ0n) is 23.7. The van der Waals surface area contributed by atoms with Gasteiger partial charge in [0.05, 0.1) is 11.5 Å². The summed E-state index contributed by atoms with van der Waals surface area (Å²) in [6.07, 6.45) is 11.0. The predicted molar refractivity (Wildman–Crippen MR) is 153 cm³/mol. The van der Waals surface area contributed by atoms with Crippen molar-refractivity contribution in [3.63, 3.8) is 0 Å². The topological polar surface area (TPSA) is 119 Å². The van der Waals surface area contributed by atoms with Gasteiger partial charge in [-0.05, 0) is 86.6 Å². The second-order valence-corrected chi connectivity index (χ2v) is 12.1. The smallest absolute Gasteiger partial charge is 0.326 e. The standard InChI is InChI=1S/C32H41N3O6/c36-30(37)26(35-31(38)32(13-2-1-3-14-32)23-8-11-27-28(19-23)41-20-40-27)12-16-39-25-17-21(18-25)6-9-24-10-7-22-5-4-15-33-29(22)34-24/h7-8,10-11,19,21,25-26H,1-6,9,12-18,20H2,(H,33,34)(H,35,38)(H,36,37)/t21-,25-,26?. The van der Waals surface area contributed by atoms with Crippen molar-refractivity contribution in [3.05, 3.63) is 47.2 Å². The summed E-state index contributed by atoms with van der Waals surface area (Å²) in [6.45, 7) is 1.48. The lowest BCUT2D eigenvalue weighted by atomic mass is 9.68. The van der Waals surface area contributed by atoms with Crippen molar-refractivity contribution in [2.24, 2.45) is 5.92 Å². The fraction of sp³-hybridized carbons (Fsp3) is 0.594. The molecule has 1 unspecified atom stereocenters. The van der Waals surface area contributed by atoms with Crippen LogP contribution in [0.5, 0.6) is 11.5 Å². The van der Waals surface area contributed by atoms with Crippen molar-refractivity contribution < 1.29 is 28.9 Å². The second kappa shape index (κ2) is 12.3. The van der Waals surface area contributed by atoms with E-state index in [2.05, 4.69) is 22.8 Å². The van der Waals surface area contributed by atoms with Crippen LogP contribution >= 0.6 is 0 Å². The van der Waals surface area contributed by atoms with Gasteiger partial charge in [0.15, 0.2) is 11.5 Å². The summed E-state index contributed by atoms with van der Waals surface area (Å²) in [5, 5.41) is 16.2. The number of nitrogens with one attached hydrogen (secondary N) is 2. The van der Waals surface area contributed by atoms with Gasteiger partial charge in [-0.25, -0.2) is 9.78 Å². The number of carboxylic acid groups (broad SMARTS) is 1. The molecule has 9 nitrogen and oxygen atoms in total. The molecule has 3 heterocycles. The van der Waals surface area contributed by atoms with Crippen molar-refractivity contribution in [2.75, 3.05) is 25.3 Å². The number of aliphatic carboxylic acids is 1. The van der Waals surface area contributed by atoms with E-state index in [0.717, 1.165) is 75.0 Å². The first-order valence-electron chi connectivity index (χ1n) is 15.3. The Labute approximate surface area is 241 Å². The van der Waals surface area contributed by atoms with Crippen LogP contribution in [-0.4, -0.2) is 54.1 Å². The Kier molecular flexibility index (Phi) is 8.32. The highest BCUT2D eigenvalue weighted by atomic mass is 16.7. The minimum absolute atomic E-state index is 0.154. The lowest BCUT2D eigenvalue weighted by molar-refractivity contribution is -0.144. The van der Waals surface area contributed by atoms with Crippen LogP contribution in [-0.2, 0) is 32.6 Å². The second-order valence-electron chi connectivity index (χ2n) is 12.1. The van der Waals surface area contributed by atoms with Crippen molar-refractivity contribution in [1.29, 1.82) is 0 Å². The molecular weight excluding hydrogens is 522 g/mol. The summed E-state index contributed by atoms with van der Waals surface area (Å²) in [7, 11) is 0. The van der Waals surface area contributed by atoms with E-state index in [9.17, 15) is 14.7 Å². The van der Waals surface area contributed by atoms with Crippen molar-refractivity contribution in [3.8, 4) is 11.5 Å². The van der Waals surface area contributed by atoms with Crippen LogP contribution in [0.2, 0.25) is 0 Å². The number of aromatic nitrogens is 1. The van der Waals surface area contributed by atoms with Crippen LogP contribution in [0, 0.1) is 5.92 Å². The van der Waals surface area contributed by atoms with Crippen molar-refractivity contribution in [2.45, 2.75) is 94.6 Å². The van der Waals surface area contributed by atoms with Gasteiger partial charge in [-0.15, -0.1) is 0 Å². The Morgan fingerprint density at radius 3 is 2.76 bits per heavy atom. The summed E-state index contributed by atoms with van der Waals surface area (Å²) in [5.41, 5.74) is 2.55. The maximum atomic E-state index is 13.7. The highest BCUT2D eigenvalue weighted by Gasteiger charge is 2.43. The molecule has 1 amide bonds. The number of carboxylic acids is 1. The number of amides is 1. The minimum Gasteiger partial charge on any atom is -0.480 e. The number of anilines is 1. The molecule has 9 heteroatoms. The van der Waals surface area contributed by atoms with E-state index in [-0.39, 0.29) is 25.2 Å². The Hall–Kier alpha value is -3.33. The number of hydrogen-bond donors (Lipinski definition) is 3. The number of rotatable bonds is 11. The van der Waals surface area contributed by atoms with Gasteiger partial charge in [0, 0.05) is 25.3 Å². The van der Waals surface area contributed by atoms with Crippen LogP contribution in [0.1, 0.15) is 81.0 Å². The van der Waals surface area contributed by atoms with Gasteiger partial charge in [-0.2, -0.15) is 0 Å². The number of fused-ring (bicyclic) bond motifs is 2. The van der Waals surface area contributed by atoms with Crippen LogP contribution in [0.25, 0.3) is 0 Å². The molecule has 3 N–H and O–H groups in total. The minimum atomic E-state index is -1.03. The Bertz CT molecular complexity index is 1250. The molecule has 220 valence electrons. The number of nitrogens with zero attached hydrogens (tertiary/aromatic N) is 1. The van der Waals surface area contributed by atoms with Gasteiger partial charge in [-0.3, -0.25) is 4.79 Å². The Morgan fingerprint density at radius 2 is 1.93 bits per heavy atom. The van der Waals surface area contributed by atoms with Gasteiger partial charge in [0.1, 0.15) is 11.9 Å². The van der Waals surface area contributed by atoms with Crippen LogP contribution in [0.3, 0.4) is 0 Å². The van der Waals surface area contributed by atoms with E-state index >= 15 is 0 Å². The molecule has 6 rings (SSSR count). The van der Waals surface area contributed by atoms with Gasteiger partial charge in [0.25, 0.3) is 0 Å². The summed E-state index contributed by atoms with van der Waals surface area (Å²) < 4.78 is 17.0. The summed E-state index contributed by atoms with van der Waals surface area (Å²) in [6, 6.07) is 9.02. The average Bonchev–Trinajstić information content (AvgIpc) is 3.45. The molecule has 1 aromatic heterocycles. The SMILES string of the molecule is O=C(O)C(CCO[C@H]1C[C@H](CCc2ccc3c(n2)NCCC3)C1)NC(=O)C1(c2ccc3c(c2)OCO3)CCCCC1. The maximum absolute atomic E-state index is 13.7. The molecule has 2 aromatic rings. The fourth-order valence-electron chi connectivity index (χ4n) is 6.81. The molecule has 0 bridgehead atoms.